The number of thiophene rings is 1. The standard InChI is InChI=1S/C38H39BFNO6SSi/c1-38(2,3)49(27-12-6-4-7-13-27,28-14-8-5-9-15-28)46-23-25-19-30-34(37(44)41(36(30)43)22-26-11-10-18-48-26)29-21-33(47-39(45)35(25)29)24-16-17-32(42)31(40)20-24/h4-18,20,29-30,33-34,42,45H,19,21-23H2,1-3H3/t29-,30-,33-,34+/m0/s1. The van der Waals surface area contributed by atoms with Gasteiger partial charge in [-0.25, -0.2) is 4.39 Å². The predicted molar refractivity (Wildman–Crippen MR) is 190 cm³/mol. The monoisotopic (exact) mass is 695 g/mol. The molecule has 11 heteroatoms. The molecule has 0 spiro atoms. The Morgan fingerprint density at radius 3 is 2.22 bits per heavy atom. The smallest absolute Gasteiger partial charge is 0.487 e. The average molecular weight is 696 g/mol. The van der Waals surface area contributed by atoms with Gasteiger partial charge in [0.1, 0.15) is 0 Å². The van der Waals surface area contributed by atoms with Gasteiger partial charge in [-0.05, 0) is 74.4 Å². The fourth-order valence-corrected chi connectivity index (χ4v) is 13.5. The number of hydrogen-bond acceptors (Lipinski definition) is 7. The molecule has 7 rings (SSSR count). The maximum atomic E-state index is 14.5. The number of halogens is 1. The van der Waals surface area contributed by atoms with Crippen LogP contribution in [0.3, 0.4) is 0 Å². The van der Waals surface area contributed by atoms with Crippen LogP contribution in [-0.2, 0) is 25.2 Å². The van der Waals surface area contributed by atoms with E-state index in [0.717, 1.165) is 20.8 Å². The molecule has 2 fully saturated rings. The summed E-state index contributed by atoms with van der Waals surface area (Å²) < 4.78 is 27.9. The predicted octanol–water partition coefficient (Wildman–Crippen LogP) is 5.77. The molecule has 3 aliphatic rings. The average Bonchev–Trinajstić information content (AvgIpc) is 3.69. The first-order chi connectivity index (χ1) is 23.5. The summed E-state index contributed by atoms with van der Waals surface area (Å²) in [5.74, 6) is -3.62. The summed E-state index contributed by atoms with van der Waals surface area (Å²) >= 11 is 1.49. The SMILES string of the molecule is CC(C)(C)[Si](OCC1=C2B(O)O[C@H](c3ccc(O)c(F)c3)C[C@H]2[C@H]2C(=O)N(Cc3cccs3)C(=O)[C@H]2C1)(c1ccccc1)c1ccccc1. The van der Waals surface area contributed by atoms with E-state index in [1.54, 1.807) is 6.07 Å². The van der Waals surface area contributed by atoms with Gasteiger partial charge in [-0.3, -0.25) is 14.5 Å². The molecular formula is C38H39BFNO6SSi. The number of aromatic hydroxyl groups is 1. The fraction of sp³-hybridized carbons (Fsp3) is 0.316. The minimum absolute atomic E-state index is 0.146. The lowest BCUT2D eigenvalue weighted by atomic mass is 9.55. The Balaban J connectivity index is 1.31. The van der Waals surface area contributed by atoms with E-state index in [1.165, 1.54) is 28.4 Å². The first-order valence-corrected chi connectivity index (χ1v) is 19.4. The van der Waals surface area contributed by atoms with Crippen LogP contribution in [0, 0.1) is 23.6 Å². The lowest BCUT2D eigenvalue weighted by Crippen LogP contribution is -2.66. The van der Waals surface area contributed by atoms with E-state index in [-0.39, 0.29) is 42.8 Å². The number of phenols is 1. The maximum Gasteiger partial charge on any atom is 0.487 e. The molecule has 0 bridgehead atoms. The first kappa shape index (κ1) is 33.6. The second kappa shape index (κ2) is 13.1. The van der Waals surface area contributed by atoms with Gasteiger partial charge in [0.2, 0.25) is 11.8 Å². The van der Waals surface area contributed by atoms with Gasteiger partial charge in [-0.15, -0.1) is 11.3 Å². The number of likely N-dealkylation sites (tertiary alicyclic amines) is 1. The number of carbonyl (C=O) groups excluding carboxylic acids is 2. The van der Waals surface area contributed by atoms with Crippen LogP contribution in [-0.4, -0.2) is 48.9 Å². The van der Waals surface area contributed by atoms with E-state index >= 15 is 0 Å². The largest absolute Gasteiger partial charge is 0.505 e. The zero-order valence-electron chi connectivity index (χ0n) is 27.7. The highest BCUT2D eigenvalue weighted by Crippen LogP contribution is 2.52. The Labute approximate surface area is 291 Å². The quantitative estimate of drug-likeness (QED) is 0.180. The molecule has 252 valence electrons. The molecule has 0 radical (unpaired) electrons. The third-order valence-corrected chi connectivity index (χ3v) is 16.3. The van der Waals surface area contributed by atoms with Gasteiger partial charge in [0.25, 0.3) is 8.32 Å². The number of imide groups is 1. The Kier molecular flexibility index (Phi) is 9.00. The van der Waals surface area contributed by atoms with E-state index in [9.17, 15) is 24.1 Å². The van der Waals surface area contributed by atoms with Gasteiger partial charge >= 0.3 is 7.12 Å². The van der Waals surface area contributed by atoms with Crippen molar-refractivity contribution in [3.63, 3.8) is 0 Å². The molecule has 2 aliphatic heterocycles. The molecule has 0 saturated carbocycles. The van der Waals surface area contributed by atoms with Crippen LogP contribution in [0.25, 0.3) is 0 Å². The van der Waals surface area contributed by atoms with Crippen LogP contribution < -0.4 is 10.4 Å². The van der Waals surface area contributed by atoms with Crippen LogP contribution >= 0.6 is 11.3 Å². The lowest BCUT2D eigenvalue weighted by Gasteiger charge is -2.45. The number of fused-ring (bicyclic) bond motifs is 3. The van der Waals surface area contributed by atoms with Crippen LogP contribution in [0.4, 0.5) is 4.39 Å². The number of phenolic OH excluding ortho intramolecular Hbond substituents is 1. The highest BCUT2D eigenvalue weighted by molar-refractivity contribution is 7.09. The Hall–Kier alpha value is -3.87. The topological polar surface area (TPSA) is 96.3 Å². The second-order valence-electron chi connectivity index (χ2n) is 14.2. The molecule has 2 amide bonds. The van der Waals surface area contributed by atoms with Gasteiger partial charge in [-0.2, -0.15) is 0 Å². The van der Waals surface area contributed by atoms with Crippen molar-refractivity contribution in [3.05, 3.63) is 124 Å². The lowest BCUT2D eigenvalue weighted by molar-refractivity contribution is -0.140. The van der Waals surface area contributed by atoms with Gasteiger partial charge in [-0.1, -0.05) is 93.6 Å². The highest BCUT2D eigenvalue weighted by atomic mass is 32.1. The normalized spacial score (nSPS) is 22.8. The molecule has 4 atom stereocenters. The highest BCUT2D eigenvalue weighted by Gasteiger charge is 2.58. The molecule has 1 aliphatic carbocycles. The van der Waals surface area contributed by atoms with Gasteiger partial charge in [0.15, 0.2) is 11.6 Å². The third-order valence-electron chi connectivity index (χ3n) is 10.4. The molecule has 49 heavy (non-hydrogen) atoms. The number of rotatable bonds is 8. The summed E-state index contributed by atoms with van der Waals surface area (Å²) in [4.78, 5) is 30.5. The first-order valence-electron chi connectivity index (χ1n) is 16.7. The second-order valence-corrected chi connectivity index (χ2v) is 19.6. The van der Waals surface area contributed by atoms with Crippen molar-refractivity contribution in [2.75, 3.05) is 6.61 Å². The van der Waals surface area contributed by atoms with Gasteiger partial charge < -0.3 is 19.2 Å². The molecule has 4 aromatic rings. The minimum Gasteiger partial charge on any atom is -0.505 e. The van der Waals surface area contributed by atoms with Crippen molar-refractivity contribution in [1.82, 2.24) is 4.90 Å². The molecule has 1 aromatic heterocycles. The van der Waals surface area contributed by atoms with E-state index < -0.39 is 50.9 Å². The summed E-state index contributed by atoms with van der Waals surface area (Å²) in [6.45, 7) is 6.92. The molecule has 3 aromatic carbocycles. The Morgan fingerprint density at radius 2 is 1.63 bits per heavy atom. The molecule has 7 nitrogen and oxygen atoms in total. The van der Waals surface area contributed by atoms with Crippen molar-refractivity contribution < 1.29 is 33.2 Å². The van der Waals surface area contributed by atoms with Crippen LogP contribution in [0.1, 0.15) is 50.2 Å². The maximum absolute atomic E-state index is 14.5. The summed E-state index contributed by atoms with van der Waals surface area (Å²) in [6.07, 6.45) is -0.239. The van der Waals surface area contributed by atoms with Gasteiger partial charge in [0, 0.05) is 4.88 Å². The number of amides is 2. The van der Waals surface area contributed by atoms with Crippen LogP contribution in [0.5, 0.6) is 5.75 Å². The summed E-state index contributed by atoms with van der Waals surface area (Å²) in [6, 6.07) is 28.3. The summed E-state index contributed by atoms with van der Waals surface area (Å²) in [5.41, 5.74) is 1.78. The third kappa shape index (κ3) is 5.91. The number of benzene rings is 3. The number of hydrogen-bond donors (Lipinski definition) is 2. The Bertz CT molecular complexity index is 1840. The van der Waals surface area contributed by atoms with E-state index in [0.29, 0.717) is 11.0 Å². The van der Waals surface area contributed by atoms with E-state index in [1.807, 2.05) is 53.9 Å². The van der Waals surface area contributed by atoms with Crippen molar-refractivity contribution in [2.24, 2.45) is 17.8 Å². The van der Waals surface area contributed by atoms with Crippen molar-refractivity contribution in [2.45, 2.75) is 51.3 Å². The van der Waals surface area contributed by atoms with Crippen LogP contribution in [0.15, 0.2) is 107 Å². The van der Waals surface area contributed by atoms with Crippen LogP contribution in [0.2, 0.25) is 5.04 Å². The molecular weight excluding hydrogens is 656 g/mol. The van der Waals surface area contributed by atoms with E-state index in [4.69, 9.17) is 9.08 Å². The van der Waals surface area contributed by atoms with Gasteiger partial charge in [0.05, 0.1) is 31.1 Å². The zero-order valence-corrected chi connectivity index (χ0v) is 29.5. The molecule has 2 N–H and O–H groups in total. The zero-order chi connectivity index (χ0) is 34.5. The molecule has 3 heterocycles. The van der Waals surface area contributed by atoms with Crippen molar-refractivity contribution in [3.8, 4) is 5.75 Å². The number of nitrogens with zero attached hydrogens (tertiary/aromatic N) is 1. The molecule has 0 unspecified atom stereocenters. The fourth-order valence-electron chi connectivity index (χ4n) is 8.22. The Morgan fingerprint density at radius 1 is 0.959 bits per heavy atom. The number of allylic oxidation sites excluding steroid dienone is 1. The summed E-state index contributed by atoms with van der Waals surface area (Å²) in [5, 5.41) is 25.4. The number of carbonyl (C=O) groups is 2. The van der Waals surface area contributed by atoms with Crippen molar-refractivity contribution >= 4 is 49.0 Å². The summed E-state index contributed by atoms with van der Waals surface area (Å²) in [7, 11) is -4.39. The van der Waals surface area contributed by atoms with Crippen molar-refractivity contribution in [1.29, 1.82) is 0 Å². The van der Waals surface area contributed by atoms with E-state index in [2.05, 4.69) is 45.0 Å². The minimum atomic E-state index is -2.99. The molecule has 2 saturated heterocycles.